The van der Waals surface area contributed by atoms with E-state index in [1.807, 2.05) is 20.0 Å². The maximum atomic E-state index is 10.0. The zero-order valence-electron chi connectivity index (χ0n) is 12.5. The van der Waals surface area contributed by atoms with Crippen molar-refractivity contribution in [1.82, 2.24) is 15.1 Å². The molecule has 0 aliphatic heterocycles. The van der Waals surface area contributed by atoms with E-state index in [0.29, 0.717) is 18.1 Å². The molecule has 112 valence electrons. The van der Waals surface area contributed by atoms with Gasteiger partial charge in [0.25, 0.3) is 0 Å². The average molecular weight is 287 g/mol. The number of hydrogen-bond acceptors (Lipinski definition) is 5. The zero-order valence-corrected chi connectivity index (χ0v) is 12.5. The Morgan fingerprint density at radius 2 is 2.10 bits per heavy atom. The monoisotopic (exact) mass is 287 g/mol. The maximum absolute atomic E-state index is 10.0. The Kier molecular flexibility index (Phi) is 4.01. The fourth-order valence-corrected chi connectivity index (χ4v) is 3.03. The second-order valence-corrected chi connectivity index (χ2v) is 6.01. The summed E-state index contributed by atoms with van der Waals surface area (Å²) < 4.78 is 5.34. The van der Waals surface area contributed by atoms with E-state index in [-0.39, 0.29) is 12.0 Å². The minimum Gasteiger partial charge on any atom is -0.393 e. The molecule has 21 heavy (non-hydrogen) atoms. The van der Waals surface area contributed by atoms with Crippen LogP contribution in [0, 0.1) is 19.8 Å². The van der Waals surface area contributed by atoms with E-state index in [2.05, 4.69) is 21.2 Å². The highest BCUT2D eigenvalue weighted by Crippen LogP contribution is 2.27. The molecule has 2 aromatic rings. The van der Waals surface area contributed by atoms with Gasteiger partial charge in [0.2, 0.25) is 11.7 Å². The van der Waals surface area contributed by atoms with E-state index in [1.165, 1.54) is 6.42 Å². The highest BCUT2D eigenvalue weighted by molar-refractivity contribution is 5.53. The molecule has 1 aliphatic carbocycles. The first-order chi connectivity index (χ1) is 10.1. The Balaban J connectivity index is 1.76. The first-order valence-electron chi connectivity index (χ1n) is 7.58. The predicted molar refractivity (Wildman–Crippen MR) is 78.7 cm³/mol. The lowest BCUT2D eigenvalue weighted by Crippen LogP contribution is -2.26. The number of pyridine rings is 1. The van der Waals surface area contributed by atoms with Crippen LogP contribution in [0.15, 0.2) is 16.8 Å². The third-order valence-electron chi connectivity index (χ3n) is 4.20. The van der Waals surface area contributed by atoms with Gasteiger partial charge in [0.1, 0.15) is 5.69 Å². The predicted octanol–water partition coefficient (Wildman–Crippen LogP) is 2.84. The molecule has 2 aromatic heterocycles. The largest absolute Gasteiger partial charge is 0.393 e. The van der Waals surface area contributed by atoms with E-state index in [1.54, 1.807) is 0 Å². The molecular formula is C16H21N3O2. The minimum atomic E-state index is -0.242. The van der Waals surface area contributed by atoms with Gasteiger partial charge in [0, 0.05) is 12.6 Å². The fourth-order valence-electron chi connectivity index (χ4n) is 3.03. The molecule has 1 aliphatic rings. The Bertz CT molecular complexity index is 624. The molecular weight excluding hydrogens is 266 g/mol. The van der Waals surface area contributed by atoms with Crippen LogP contribution >= 0.6 is 0 Å². The third-order valence-corrected chi connectivity index (χ3v) is 4.20. The van der Waals surface area contributed by atoms with Gasteiger partial charge in [-0.2, -0.15) is 4.98 Å². The Hall–Kier alpha value is -1.75. The summed E-state index contributed by atoms with van der Waals surface area (Å²) in [6, 6.07) is 2.06. The topological polar surface area (TPSA) is 72.0 Å². The van der Waals surface area contributed by atoms with Gasteiger partial charge >= 0.3 is 0 Å². The van der Waals surface area contributed by atoms with Gasteiger partial charge < -0.3 is 9.63 Å². The summed E-state index contributed by atoms with van der Waals surface area (Å²) in [5.74, 6) is 1.37. The van der Waals surface area contributed by atoms with E-state index < -0.39 is 0 Å². The molecule has 3 rings (SSSR count). The van der Waals surface area contributed by atoms with E-state index in [0.717, 1.165) is 36.1 Å². The average Bonchev–Trinajstić information content (AvgIpc) is 2.90. The van der Waals surface area contributed by atoms with Gasteiger partial charge in [-0.05, 0) is 43.7 Å². The first kappa shape index (κ1) is 14.2. The molecule has 2 unspecified atom stereocenters. The van der Waals surface area contributed by atoms with Crippen molar-refractivity contribution in [2.75, 3.05) is 0 Å². The number of aliphatic hydroxyl groups is 1. The molecule has 0 aromatic carbocycles. The fraction of sp³-hybridized carbons (Fsp3) is 0.562. The van der Waals surface area contributed by atoms with Crippen LogP contribution in [0.25, 0.3) is 11.5 Å². The second-order valence-electron chi connectivity index (χ2n) is 6.01. The van der Waals surface area contributed by atoms with Gasteiger partial charge in [-0.25, -0.2) is 0 Å². The molecule has 2 atom stereocenters. The van der Waals surface area contributed by atoms with Gasteiger partial charge in [0.15, 0.2) is 0 Å². The molecule has 0 saturated heterocycles. The van der Waals surface area contributed by atoms with Crippen molar-refractivity contribution in [3.8, 4) is 11.5 Å². The van der Waals surface area contributed by atoms with Crippen LogP contribution in [0.4, 0.5) is 0 Å². The van der Waals surface area contributed by atoms with Crippen molar-refractivity contribution in [1.29, 1.82) is 0 Å². The Labute approximate surface area is 124 Å². The molecule has 5 nitrogen and oxygen atoms in total. The highest BCUT2D eigenvalue weighted by atomic mass is 16.5. The summed E-state index contributed by atoms with van der Waals surface area (Å²) in [7, 11) is 0. The lowest BCUT2D eigenvalue weighted by molar-refractivity contribution is 0.0657. The van der Waals surface area contributed by atoms with Crippen LogP contribution in [-0.4, -0.2) is 26.3 Å². The van der Waals surface area contributed by atoms with Gasteiger partial charge in [0.05, 0.1) is 6.10 Å². The van der Waals surface area contributed by atoms with Crippen LogP contribution in [-0.2, 0) is 6.42 Å². The van der Waals surface area contributed by atoms with Crippen molar-refractivity contribution < 1.29 is 9.63 Å². The van der Waals surface area contributed by atoms with Crippen LogP contribution in [0.3, 0.4) is 0 Å². The molecule has 1 saturated carbocycles. The molecule has 0 amide bonds. The number of hydrogen-bond donors (Lipinski definition) is 1. The lowest BCUT2D eigenvalue weighted by Gasteiger charge is -2.26. The Morgan fingerprint density at radius 3 is 2.86 bits per heavy atom. The van der Waals surface area contributed by atoms with Crippen LogP contribution in [0.2, 0.25) is 0 Å². The highest BCUT2D eigenvalue weighted by Gasteiger charge is 2.25. The number of aliphatic hydroxyl groups excluding tert-OH is 1. The molecule has 0 spiro atoms. The van der Waals surface area contributed by atoms with Gasteiger partial charge in [-0.1, -0.05) is 24.1 Å². The molecule has 5 heteroatoms. The normalized spacial score (nSPS) is 22.4. The van der Waals surface area contributed by atoms with Crippen molar-refractivity contribution in [2.45, 2.75) is 52.1 Å². The van der Waals surface area contributed by atoms with E-state index in [4.69, 9.17) is 4.52 Å². The summed E-state index contributed by atoms with van der Waals surface area (Å²) >= 11 is 0. The number of nitrogens with zero attached hydrogens (tertiary/aromatic N) is 3. The van der Waals surface area contributed by atoms with Crippen molar-refractivity contribution in [3.05, 3.63) is 29.3 Å². The maximum Gasteiger partial charge on any atom is 0.227 e. The van der Waals surface area contributed by atoms with Gasteiger partial charge in [-0.15, -0.1) is 0 Å². The molecule has 1 fully saturated rings. The SMILES string of the molecule is Cc1cnc(-c2noc(CC3CCCCC3O)n2)c(C)c1. The number of aromatic nitrogens is 3. The Morgan fingerprint density at radius 1 is 1.29 bits per heavy atom. The van der Waals surface area contributed by atoms with Crippen molar-refractivity contribution >= 4 is 0 Å². The van der Waals surface area contributed by atoms with Crippen LogP contribution in [0.5, 0.6) is 0 Å². The lowest BCUT2D eigenvalue weighted by atomic mass is 9.84. The van der Waals surface area contributed by atoms with Crippen molar-refractivity contribution in [3.63, 3.8) is 0 Å². The quantitative estimate of drug-likeness (QED) is 0.939. The summed E-state index contributed by atoms with van der Waals surface area (Å²) in [5.41, 5.74) is 2.92. The molecule has 0 radical (unpaired) electrons. The van der Waals surface area contributed by atoms with Gasteiger partial charge in [-0.3, -0.25) is 4.98 Å². The smallest absolute Gasteiger partial charge is 0.227 e. The van der Waals surface area contributed by atoms with Crippen LogP contribution in [0.1, 0.15) is 42.7 Å². The van der Waals surface area contributed by atoms with Crippen molar-refractivity contribution in [2.24, 2.45) is 5.92 Å². The minimum absolute atomic E-state index is 0.235. The summed E-state index contributed by atoms with van der Waals surface area (Å²) in [6.07, 6.45) is 6.40. The summed E-state index contributed by atoms with van der Waals surface area (Å²) in [6.45, 7) is 4.01. The second kappa shape index (κ2) is 5.93. The van der Waals surface area contributed by atoms with E-state index in [9.17, 15) is 5.11 Å². The molecule has 2 heterocycles. The standard InChI is InChI=1S/C16H21N3O2/c1-10-7-11(2)15(17-9-10)16-18-14(21-19-16)8-12-5-3-4-6-13(12)20/h7,9,12-13,20H,3-6,8H2,1-2H3. The molecule has 0 bridgehead atoms. The first-order valence-corrected chi connectivity index (χ1v) is 7.58. The third kappa shape index (κ3) is 3.13. The number of rotatable bonds is 3. The number of aryl methyl sites for hydroxylation is 2. The van der Waals surface area contributed by atoms with E-state index >= 15 is 0 Å². The zero-order chi connectivity index (χ0) is 14.8. The van der Waals surface area contributed by atoms with Crippen LogP contribution < -0.4 is 0 Å². The molecule has 1 N–H and O–H groups in total. The summed E-state index contributed by atoms with van der Waals surface area (Å²) in [4.78, 5) is 8.84. The summed E-state index contributed by atoms with van der Waals surface area (Å²) in [5, 5.41) is 14.1.